The molecule has 0 saturated heterocycles. The summed E-state index contributed by atoms with van der Waals surface area (Å²) in [6.45, 7) is 4.80. The van der Waals surface area contributed by atoms with Gasteiger partial charge in [0.1, 0.15) is 0 Å². The van der Waals surface area contributed by atoms with Gasteiger partial charge in [0, 0.05) is 6.04 Å². The quantitative estimate of drug-likeness (QED) is 0.848. The molecule has 2 aromatic carbocycles. The van der Waals surface area contributed by atoms with Crippen molar-refractivity contribution >= 4 is 10.8 Å². The maximum Gasteiger partial charge on any atom is 0.0113 e. The molecular formula is C20H27N. The van der Waals surface area contributed by atoms with Crippen molar-refractivity contribution in [3.8, 4) is 0 Å². The Morgan fingerprint density at radius 3 is 2.62 bits per heavy atom. The van der Waals surface area contributed by atoms with Crippen LogP contribution >= 0.6 is 0 Å². The van der Waals surface area contributed by atoms with Crippen molar-refractivity contribution in [2.45, 2.75) is 52.0 Å². The van der Waals surface area contributed by atoms with E-state index in [1.54, 1.807) is 0 Å². The first-order valence-electron chi connectivity index (χ1n) is 8.29. The Morgan fingerprint density at radius 1 is 1.10 bits per heavy atom. The highest BCUT2D eigenvalue weighted by Crippen LogP contribution is 2.42. The molecule has 1 nitrogen and oxygen atoms in total. The predicted molar refractivity (Wildman–Crippen MR) is 91.4 cm³/mol. The second-order valence-corrected chi connectivity index (χ2v) is 7.39. The van der Waals surface area contributed by atoms with Crippen LogP contribution in [0.5, 0.6) is 0 Å². The highest BCUT2D eigenvalue weighted by Gasteiger charge is 2.35. The number of nitrogens with two attached hydrogens (primary N) is 1. The van der Waals surface area contributed by atoms with Crippen LogP contribution in [0.2, 0.25) is 0 Å². The van der Waals surface area contributed by atoms with Crippen LogP contribution in [0.15, 0.2) is 42.5 Å². The van der Waals surface area contributed by atoms with E-state index in [2.05, 4.69) is 56.3 Å². The largest absolute Gasteiger partial charge is 0.327 e. The first-order chi connectivity index (χ1) is 10.1. The zero-order valence-corrected chi connectivity index (χ0v) is 13.3. The van der Waals surface area contributed by atoms with E-state index in [1.165, 1.54) is 42.0 Å². The van der Waals surface area contributed by atoms with Gasteiger partial charge in [0.2, 0.25) is 0 Å². The molecule has 112 valence electrons. The minimum atomic E-state index is 0.279. The fourth-order valence-electron chi connectivity index (χ4n) is 4.09. The molecule has 2 N–H and O–H groups in total. The van der Waals surface area contributed by atoms with Gasteiger partial charge in [-0.25, -0.2) is 0 Å². The molecule has 0 spiro atoms. The highest BCUT2D eigenvalue weighted by atomic mass is 14.7. The minimum Gasteiger partial charge on any atom is -0.327 e. The topological polar surface area (TPSA) is 26.0 Å². The van der Waals surface area contributed by atoms with Crippen LogP contribution in [0.25, 0.3) is 10.8 Å². The summed E-state index contributed by atoms with van der Waals surface area (Å²) in [6, 6.07) is 15.6. The Kier molecular flexibility index (Phi) is 4.03. The van der Waals surface area contributed by atoms with Crippen LogP contribution in [0.1, 0.15) is 45.1 Å². The average molecular weight is 281 g/mol. The summed E-state index contributed by atoms with van der Waals surface area (Å²) in [6.07, 6.45) is 6.33. The van der Waals surface area contributed by atoms with E-state index in [1.807, 2.05) is 0 Å². The smallest absolute Gasteiger partial charge is 0.0113 e. The van der Waals surface area contributed by atoms with Gasteiger partial charge in [-0.2, -0.15) is 0 Å². The summed E-state index contributed by atoms with van der Waals surface area (Å²) in [5, 5.41) is 2.64. The van der Waals surface area contributed by atoms with Crippen LogP contribution in [0.3, 0.4) is 0 Å². The molecule has 1 saturated carbocycles. The maximum atomic E-state index is 6.60. The molecule has 1 aliphatic carbocycles. The molecule has 0 amide bonds. The summed E-state index contributed by atoms with van der Waals surface area (Å²) in [4.78, 5) is 0. The van der Waals surface area contributed by atoms with Crippen molar-refractivity contribution in [3.63, 3.8) is 0 Å². The van der Waals surface area contributed by atoms with Crippen molar-refractivity contribution in [1.82, 2.24) is 0 Å². The van der Waals surface area contributed by atoms with Gasteiger partial charge in [0.05, 0.1) is 0 Å². The molecular weight excluding hydrogens is 254 g/mol. The second-order valence-electron chi connectivity index (χ2n) is 7.39. The van der Waals surface area contributed by atoms with Gasteiger partial charge in [0.15, 0.2) is 0 Å². The SMILES string of the molecule is CC1(C)CCCCC1C(N)Cc1ccc2ccccc2c1. The van der Waals surface area contributed by atoms with E-state index in [-0.39, 0.29) is 6.04 Å². The van der Waals surface area contributed by atoms with Crippen LogP contribution in [-0.2, 0) is 6.42 Å². The average Bonchev–Trinajstić information content (AvgIpc) is 2.46. The van der Waals surface area contributed by atoms with Crippen LogP contribution in [0, 0.1) is 11.3 Å². The predicted octanol–water partition coefficient (Wildman–Crippen LogP) is 4.93. The molecule has 0 heterocycles. The lowest BCUT2D eigenvalue weighted by Gasteiger charge is -2.42. The van der Waals surface area contributed by atoms with E-state index in [4.69, 9.17) is 5.73 Å². The zero-order valence-electron chi connectivity index (χ0n) is 13.3. The van der Waals surface area contributed by atoms with Gasteiger partial charge in [-0.3, -0.25) is 0 Å². The fraction of sp³-hybridized carbons (Fsp3) is 0.500. The minimum absolute atomic E-state index is 0.279. The van der Waals surface area contributed by atoms with Crippen molar-refractivity contribution in [2.75, 3.05) is 0 Å². The summed E-state index contributed by atoms with van der Waals surface area (Å²) in [5.74, 6) is 0.651. The third-order valence-corrected chi connectivity index (χ3v) is 5.39. The van der Waals surface area contributed by atoms with Crippen molar-refractivity contribution in [2.24, 2.45) is 17.1 Å². The van der Waals surface area contributed by atoms with Gasteiger partial charge in [-0.15, -0.1) is 0 Å². The molecule has 21 heavy (non-hydrogen) atoms. The van der Waals surface area contributed by atoms with Crippen molar-refractivity contribution < 1.29 is 0 Å². The Morgan fingerprint density at radius 2 is 1.86 bits per heavy atom. The van der Waals surface area contributed by atoms with Crippen LogP contribution < -0.4 is 5.73 Å². The number of hydrogen-bond donors (Lipinski definition) is 1. The third-order valence-electron chi connectivity index (χ3n) is 5.39. The Labute approximate surface area is 128 Å². The molecule has 1 fully saturated rings. The van der Waals surface area contributed by atoms with Gasteiger partial charge in [-0.1, -0.05) is 69.2 Å². The van der Waals surface area contributed by atoms with Gasteiger partial charge < -0.3 is 5.73 Å². The number of benzene rings is 2. The molecule has 0 radical (unpaired) electrons. The first-order valence-corrected chi connectivity index (χ1v) is 8.29. The first kappa shape index (κ1) is 14.6. The number of rotatable bonds is 3. The second kappa shape index (κ2) is 5.81. The molecule has 2 atom stereocenters. The molecule has 1 heteroatoms. The van der Waals surface area contributed by atoms with E-state index in [9.17, 15) is 0 Å². The number of fused-ring (bicyclic) bond motifs is 1. The van der Waals surface area contributed by atoms with E-state index in [0.29, 0.717) is 11.3 Å². The lowest BCUT2D eigenvalue weighted by Crippen LogP contribution is -2.42. The summed E-state index contributed by atoms with van der Waals surface area (Å²) < 4.78 is 0. The summed E-state index contributed by atoms with van der Waals surface area (Å²) >= 11 is 0. The zero-order chi connectivity index (χ0) is 14.9. The van der Waals surface area contributed by atoms with Crippen LogP contribution in [0.4, 0.5) is 0 Å². The molecule has 0 aliphatic heterocycles. The lowest BCUT2D eigenvalue weighted by molar-refractivity contribution is 0.112. The highest BCUT2D eigenvalue weighted by molar-refractivity contribution is 5.82. The fourth-order valence-corrected chi connectivity index (χ4v) is 4.09. The normalized spacial score (nSPS) is 23.1. The molecule has 2 unspecified atom stereocenters. The monoisotopic (exact) mass is 281 g/mol. The van der Waals surface area contributed by atoms with Gasteiger partial charge in [0.25, 0.3) is 0 Å². The Balaban J connectivity index is 1.77. The molecule has 0 aromatic heterocycles. The Hall–Kier alpha value is -1.34. The maximum absolute atomic E-state index is 6.60. The molecule has 3 rings (SSSR count). The molecule has 0 bridgehead atoms. The van der Waals surface area contributed by atoms with E-state index < -0.39 is 0 Å². The Bertz CT molecular complexity index is 614. The van der Waals surface area contributed by atoms with Gasteiger partial charge >= 0.3 is 0 Å². The summed E-state index contributed by atoms with van der Waals surface area (Å²) in [5.41, 5.74) is 8.37. The van der Waals surface area contributed by atoms with Crippen LogP contribution in [-0.4, -0.2) is 6.04 Å². The molecule has 2 aromatic rings. The van der Waals surface area contributed by atoms with E-state index in [0.717, 1.165) is 6.42 Å². The number of hydrogen-bond acceptors (Lipinski definition) is 1. The standard InChI is InChI=1S/C20H27N/c1-20(2)12-6-5-9-18(20)19(21)14-15-10-11-16-7-3-4-8-17(16)13-15/h3-4,7-8,10-11,13,18-19H,5-6,9,12,14,21H2,1-2H3. The van der Waals surface area contributed by atoms with E-state index >= 15 is 0 Å². The molecule has 1 aliphatic rings. The third kappa shape index (κ3) is 3.13. The van der Waals surface area contributed by atoms with Gasteiger partial charge in [-0.05, 0) is 46.9 Å². The summed E-state index contributed by atoms with van der Waals surface area (Å²) in [7, 11) is 0. The van der Waals surface area contributed by atoms with Crippen molar-refractivity contribution in [3.05, 3.63) is 48.0 Å². The lowest BCUT2D eigenvalue weighted by atomic mass is 9.65. The van der Waals surface area contributed by atoms with Crippen molar-refractivity contribution in [1.29, 1.82) is 0 Å².